The van der Waals surface area contributed by atoms with Crippen LogP contribution in [-0.4, -0.2) is 47.3 Å². The Bertz CT molecular complexity index is 334. The van der Waals surface area contributed by atoms with E-state index < -0.39 is 0 Å². The highest BCUT2D eigenvalue weighted by Gasteiger charge is 2.44. The third-order valence-electron chi connectivity index (χ3n) is 6.35. The van der Waals surface area contributed by atoms with Crippen LogP contribution in [0.3, 0.4) is 0 Å². The molecule has 3 fully saturated rings. The van der Waals surface area contributed by atoms with Crippen LogP contribution in [0.2, 0.25) is 0 Å². The van der Waals surface area contributed by atoms with Crippen LogP contribution in [0.5, 0.6) is 0 Å². The number of hydrogen-bond acceptors (Lipinski definition) is 3. The summed E-state index contributed by atoms with van der Waals surface area (Å²) in [5.74, 6) is 0. The summed E-state index contributed by atoms with van der Waals surface area (Å²) in [6, 6.07) is 1.40. The van der Waals surface area contributed by atoms with Crippen LogP contribution in [0.15, 0.2) is 0 Å². The molecule has 1 saturated heterocycles. The van der Waals surface area contributed by atoms with E-state index in [2.05, 4.69) is 24.1 Å². The van der Waals surface area contributed by atoms with Crippen LogP contribution in [0.1, 0.15) is 65.2 Å². The average molecular weight is 280 g/mol. The maximum atomic E-state index is 9.85. The molecule has 3 aliphatic rings. The molecule has 20 heavy (non-hydrogen) atoms. The SMILES string of the molecule is CCC1(C)CCN(C2CCC(CO)(NC3CC3)C2)CC1. The van der Waals surface area contributed by atoms with Gasteiger partial charge in [-0.3, -0.25) is 0 Å². The Labute approximate surface area is 124 Å². The number of piperidine rings is 1. The van der Waals surface area contributed by atoms with Gasteiger partial charge in [-0.2, -0.15) is 0 Å². The Morgan fingerprint density at radius 2 is 1.85 bits per heavy atom. The van der Waals surface area contributed by atoms with Crippen molar-refractivity contribution >= 4 is 0 Å². The van der Waals surface area contributed by atoms with Crippen molar-refractivity contribution in [1.82, 2.24) is 10.2 Å². The zero-order valence-electron chi connectivity index (χ0n) is 13.3. The van der Waals surface area contributed by atoms with Gasteiger partial charge in [0.15, 0.2) is 0 Å². The molecule has 0 spiro atoms. The van der Waals surface area contributed by atoms with Crippen molar-refractivity contribution in [2.24, 2.45) is 5.41 Å². The van der Waals surface area contributed by atoms with Crippen LogP contribution in [0.25, 0.3) is 0 Å². The predicted molar refractivity (Wildman–Crippen MR) is 82.8 cm³/mol. The molecule has 3 nitrogen and oxygen atoms in total. The highest BCUT2D eigenvalue weighted by Crippen LogP contribution is 2.40. The summed E-state index contributed by atoms with van der Waals surface area (Å²) in [5.41, 5.74) is 0.618. The molecular weight excluding hydrogens is 248 g/mol. The van der Waals surface area contributed by atoms with Crippen molar-refractivity contribution in [2.45, 2.75) is 82.8 Å². The van der Waals surface area contributed by atoms with Gasteiger partial charge in [-0.25, -0.2) is 0 Å². The molecule has 2 saturated carbocycles. The van der Waals surface area contributed by atoms with Crippen molar-refractivity contribution in [2.75, 3.05) is 19.7 Å². The molecule has 0 radical (unpaired) electrons. The van der Waals surface area contributed by atoms with Crippen molar-refractivity contribution in [3.63, 3.8) is 0 Å². The quantitative estimate of drug-likeness (QED) is 0.812. The number of nitrogens with zero attached hydrogens (tertiary/aromatic N) is 1. The third kappa shape index (κ3) is 3.05. The molecule has 0 aromatic carbocycles. The van der Waals surface area contributed by atoms with Gasteiger partial charge in [0.25, 0.3) is 0 Å². The van der Waals surface area contributed by atoms with Gasteiger partial charge >= 0.3 is 0 Å². The summed E-state index contributed by atoms with van der Waals surface area (Å²) in [6.07, 6.45) is 10.2. The fraction of sp³-hybridized carbons (Fsp3) is 1.00. The van der Waals surface area contributed by atoms with Gasteiger partial charge in [-0.05, 0) is 63.5 Å². The summed E-state index contributed by atoms with van der Waals surface area (Å²) < 4.78 is 0. The van der Waals surface area contributed by atoms with Crippen molar-refractivity contribution in [3.8, 4) is 0 Å². The molecule has 2 aliphatic carbocycles. The van der Waals surface area contributed by atoms with Crippen molar-refractivity contribution < 1.29 is 5.11 Å². The summed E-state index contributed by atoms with van der Waals surface area (Å²) >= 11 is 0. The maximum absolute atomic E-state index is 9.85. The van der Waals surface area contributed by atoms with E-state index in [1.54, 1.807) is 0 Å². The Morgan fingerprint density at radius 3 is 2.40 bits per heavy atom. The van der Waals surface area contributed by atoms with Crippen LogP contribution in [0.4, 0.5) is 0 Å². The second-order valence-electron chi connectivity index (χ2n) is 7.95. The number of aliphatic hydroxyl groups is 1. The fourth-order valence-electron chi connectivity index (χ4n) is 4.17. The van der Waals surface area contributed by atoms with E-state index in [1.807, 2.05) is 0 Å². The normalized spacial score (nSPS) is 38.2. The summed E-state index contributed by atoms with van der Waals surface area (Å²) in [6.45, 7) is 7.63. The lowest BCUT2D eigenvalue weighted by Gasteiger charge is -2.42. The first-order valence-corrected chi connectivity index (χ1v) is 8.71. The van der Waals surface area contributed by atoms with E-state index in [9.17, 15) is 5.11 Å². The molecule has 1 heterocycles. The number of aliphatic hydroxyl groups excluding tert-OH is 1. The summed E-state index contributed by atoms with van der Waals surface area (Å²) in [7, 11) is 0. The van der Waals surface area contributed by atoms with Gasteiger partial charge in [0.05, 0.1) is 6.61 Å². The first kappa shape index (κ1) is 14.8. The topological polar surface area (TPSA) is 35.5 Å². The molecule has 0 aromatic rings. The lowest BCUT2D eigenvalue weighted by Crippen LogP contribution is -2.50. The Morgan fingerprint density at radius 1 is 1.15 bits per heavy atom. The lowest BCUT2D eigenvalue weighted by molar-refractivity contribution is 0.0746. The molecule has 1 aliphatic heterocycles. The van der Waals surface area contributed by atoms with E-state index in [4.69, 9.17) is 0 Å². The second kappa shape index (κ2) is 5.58. The van der Waals surface area contributed by atoms with Gasteiger partial charge in [-0.15, -0.1) is 0 Å². The highest BCUT2D eigenvalue weighted by atomic mass is 16.3. The van der Waals surface area contributed by atoms with E-state index in [0.29, 0.717) is 24.1 Å². The van der Waals surface area contributed by atoms with Crippen molar-refractivity contribution in [3.05, 3.63) is 0 Å². The van der Waals surface area contributed by atoms with Crippen LogP contribution < -0.4 is 5.32 Å². The van der Waals surface area contributed by atoms with Gasteiger partial charge in [0.2, 0.25) is 0 Å². The minimum absolute atomic E-state index is 0.0390. The number of likely N-dealkylation sites (tertiary alicyclic amines) is 1. The molecular formula is C17H32N2O. The average Bonchev–Trinajstić information content (AvgIpc) is 3.18. The highest BCUT2D eigenvalue weighted by molar-refractivity contribution is 5.03. The Hall–Kier alpha value is -0.120. The van der Waals surface area contributed by atoms with E-state index >= 15 is 0 Å². The molecule has 2 atom stereocenters. The molecule has 2 unspecified atom stereocenters. The second-order valence-corrected chi connectivity index (χ2v) is 7.95. The smallest absolute Gasteiger partial charge is 0.0614 e. The number of nitrogens with one attached hydrogen (secondary N) is 1. The van der Waals surface area contributed by atoms with E-state index in [-0.39, 0.29) is 5.54 Å². The standard InChI is InChI=1S/C17H32N2O/c1-3-16(2)8-10-19(11-9-16)15-6-7-17(12-15,13-20)18-14-4-5-14/h14-15,18,20H,3-13H2,1-2H3. The van der Waals surface area contributed by atoms with Gasteiger partial charge in [0.1, 0.15) is 0 Å². The maximum Gasteiger partial charge on any atom is 0.0614 e. The molecule has 2 N–H and O–H groups in total. The van der Waals surface area contributed by atoms with Crippen LogP contribution in [0, 0.1) is 5.41 Å². The molecule has 0 amide bonds. The molecule has 116 valence electrons. The van der Waals surface area contributed by atoms with Crippen molar-refractivity contribution in [1.29, 1.82) is 0 Å². The Kier molecular flexibility index (Phi) is 4.13. The van der Waals surface area contributed by atoms with Gasteiger partial charge in [0, 0.05) is 17.6 Å². The van der Waals surface area contributed by atoms with Crippen LogP contribution in [-0.2, 0) is 0 Å². The van der Waals surface area contributed by atoms with E-state index in [0.717, 1.165) is 12.8 Å². The van der Waals surface area contributed by atoms with Gasteiger partial charge in [-0.1, -0.05) is 20.3 Å². The first-order chi connectivity index (χ1) is 9.58. The number of hydrogen-bond donors (Lipinski definition) is 2. The minimum atomic E-state index is 0.0390. The first-order valence-electron chi connectivity index (χ1n) is 8.71. The molecule has 0 bridgehead atoms. The van der Waals surface area contributed by atoms with Crippen LogP contribution >= 0.6 is 0 Å². The predicted octanol–water partition coefficient (Wildman–Crippen LogP) is 2.53. The Balaban J connectivity index is 1.54. The zero-order chi connectivity index (χ0) is 14.2. The minimum Gasteiger partial charge on any atom is -0.394 e. The third-order valence-corrected chi connectivity index (χ3v) is 6.35. The molecule has 3 heteroatoms. The summed E-state index contributed by atoms with van der Waals surface area (Å²) in [5, 5.41) is 13.6. The van der Waals surface area contributed by atoms with E-state index in [1.165, 1.54) is 51.6 Å². The zero-order valence-corrected chi connectivity index (χ0v) is 13.3. The monoisotopic (exact) mass is 280 g/mol. The molecule has 0 aromatic heterocycles. The lowest BCUT2D eigenvalue weighted by atomic mass is 9.78. The fourth-order valence-corrected chi connectivity index (χ4v) is 4.17. The largest absolute Gasteiger partial charge is 0.394 e. The molecule has 3 rings (SSSR count). The number of rotatable bonds is 5. The van der Waals surface area contributed by atoms with Gasteiger partial charge < -0.3 is 15.3 Å². The summed E-state index contributed by atoms with van der Waals surface area (Å²) in [4.78, 5) is 2.71.